The lowest BCUT2D eigenvalue weighted by Gasteiger charge is -2.42. The van der Waals surface area contributed by atoms with Crippen LogP contribution in [0.3, 0.4) is 0 Å². The van der Waals surface area contributed by atoms with Gasteiger partial charge < -0.3 is 24.3 Å². The zero-order valence-electron chi connectivity index (χ0n) is 23.5. The number of nitrogens with zero attached hydrogens (tertiary/aromatic N) is 5. The van der Waals surface area contributed by atoms with E-state index >= 15 is 0 Å². The van der Waals surface area contributed by atoms with Crippen LogP contribution < -0.4 is 20.7 Å². The number of urea groups is 1. The highest BCUT2D eigenvalue weighted by molar-refractivity contribution is 6.09. The SMILES string of the molecule is COc1ccc2c(c1)CCN(C1CCN(c3cc(C(=O)c4cc(C)c5c(c4)oc(=O)n5C)ncn3)C(C)C1)C(=O)N2. The fraction of sp³-hybridized carbons (Fsp3) is 0.367. The molecule has 2 aromatic carbocycles. The van der Waals surface area contributed by atoms with Gasteiger partial charge in [-0.25, -0.2) is 19.6 Å². The Hall–Kier alpha value is -4.67. The number of methoxy groups -OCH3 is 1. The number of aromatic nitrogens is 3. The van der Waals surface area contributed by atoms with Gasteiger partial charge in [0.25, 0.3) is 0 Å². The molecule has 1 N–H and O–H groups in total. The Balaban J connectivity index is 1.17. The number of ketones is 1. The maximum Gasteiger partial charge on any atom is 0.419 e. The van der Waals surface area contributed by atoms with Gasteiger partial charge in [0.15, 0.2) is 5.58 Å². The smallest absolute Gasteiger partial charge is 0.419 e. The van der Waals surface area contributed by atoms with E-state index < -0.39 is 5.76 Å². The number of amides is 2. The molecule has 11 heteroatoms. The van der Waals surface area contributed by atoms with E-state index in [0.29, 0.717) is 35.6 Å². The minimum atomic E-state index is -0.475. The van der Waals surface area contributed by atoms with Gasteiger partial charge in [0.2, 0.25) is 5.78 Å². The summed E-state index contributed by atoms with van der Waals surface area (Å²) < 4.78 is 12.1. The van der Waals surface area contributed by atoms with Crippen LogP contribution >= 0.6 is 0 Å². The Labute approximate surface area is 236 Å². The highest BCUT2D eigenvalue weighted by atomic mass is 16.5. The highest BCUT2D eigenvalue weighted by Crippen LogP contribution is 2.31. The first-order valence-corrected chi connectivity index (χ1v) is 13.7. The summed E-state index contributed by atoms with van der Waals surface area (Å²) in [7, 11) is 3.28. The number of oxazole rings is 1. The van der Waals surface area contributed by atoms with Gasteiger partial charge in [-0.1, -0.05) is 0 Å². The molecule has 41 heavy (non-hydrogen) atoms. The summed E-state index contributed by atoms with van der Waals surface area (Å²) in [6.07, 6.45) is 3.69. The van der Waals surface area contributed by atoms with Gasteiger partial charge in [0.1, 0.15) is 23.6 Å². The number of benzene rings is 2. The number of carbonyl (C=O) groups is 2. The quantitative estimate of drug-likeness (QED) is 0.367. The number of fused-ring (bicyclic) bond motifs is 2. The molecule has 4 aromatic rings. The lowest BCUT2D eigenvalue weighted by Crippen LogP contribution is -2.52. The van der Waals surface area contributed by atoms with Crippen LogP contribution in [0.25, 0.3) is 11.1 Å². The van der Waals surface area contributed by atoms with Gasteiger partial charge in [-0.05, 0) is 74.6 Å². The third-order valence-corrected chi connectivity index (χ3v) is 8.24. The molecular weight excluding hydrogens is 524 g/mol. The molecule has 0 spiro atoms. The number of aryl methyl sites for hydroxylation is 2. The number of ether oxygens (including phenoxy) is 1. The molecule has 212 valence electrons. The van der Waals surface area contributed by atoms with Crippen molar-refractivity contribution in [2.75, 3.05) is 30.4 Å². The van der Waals surface area contributed by atoms with E-state index in [1.165, 1.54) is 10.9 Å². The van der Waals surface area contributed by atoms with Gasteiger partial charge >= 0.3 is 11.8 Å². The number of piperidine rings is 1. The molecule has 2 aromatic heterocycles. The van der Waals surface area contributed by atoms with Crippen molar-refractivity contribution in [1.82, 2.24) is 19.4 Å². The topological polar surface area (TPSA) is 123 Å². The molecule has 2 aliphatic heterocycles. The third-order valence-electron chi connectivity index (χ3n) is 8.24. The molecule has 0 saturated carbocycles. The average Bonchev–Trinajstić information content (AvgIpc) is 3.15. The standard InChI is InChI=1S/C30H32N6O5/c1-17-11-20(14-25-27(17)34(3)30(39)41-25)28(37)24-15-26(32-16-31-24)35-10-8-21(12-18(35)2)36-9-7-19-13-22(40-4)5-6-23(19)33-29(36)38/h5-6,11,13-16,18,21H,7-10,12H2,1-4H3,(H,33,38). The minimum absolute atomic E-state index is 0.0793. The zero-order valence-corrected chi connectivity index (χ0v) is 23.5. The van der Waals surface area contributed by atoms with Gasteiger partial charge in [0.05, 0.1) is 12.6 Å². The van der Waals surface area contributed by atoms with E-state index in [2.05, 4.69) is 27.1 Å². The number of hydrogen-bond donors (Lipinski definition) is 1. The summed E-state index contributed by atoms with van der Waals surface area (Å²) in [4.78, 5) is 51.4. The number of anilines is 2. The van der Waals surface area contributed by atoms with Crippen LogP contribution in [0, 0.1) is 6.92 Å². The van der Waals surface area contributed by atoms with Crippen molar-refractivity contribution < 1.29 is 18.7 Å². The van der Waals surface area contributed by atoms with Crippen molar-refractivity contribution in [1.29, 1.82) is 0 Å². The molecule has 2 amide bonds. The molecule has 1 saturated heterocycles. The van der Waals surface area contributed by atoms with E-state index in [1.54, 1.807) is 32.4 Å². The summed E-state index contributed by atoms with van der Waals surface area (Å²) in [6.45, 7) is 5.26. The first-order chi connectivity index (χ1) is 19.7. The van der Waals surface area contributed by atoms with E-state index in [0.717, 1.165) is 41.8 Å². The summed E-state index contributed by atoms with van der Waals surface area (Å²) in [6, 6.07) is 10.8. The summed E-state index contributed by atoms with van der Waals surface area (Å²) >= 11 is 0. The normalized spacial score (nSPS) is 19.1. The average molecular weight is 557 g/mol. The van der Waals surface area contributed by atoms with Gasteiger partial charge in [0, 0.05) is 49.5 Å². The van der Waals surface area contributed by atoms with Crippen molar-refractivity contribution >= 4 is 34.4 Å². The minimum Gasteiger partial charge on any atom is -0.497 e. The lowest BCUT2D eigenvalue weighted by molar-refractivity contribution is 0.103. The number of hydrogen-bond acceptors (Lipinski definition) is 8. The molecule has 4 heterocycles. The molecule has 6 rings (SSSR count). The van der Waals surface area contributed by atoms with E-state index in [9.17, 15) is 14.4 Å². The van der Waals surface area contributed by atoms with Crippen LogP contribution in [0.2, 0.25) is 0 Å². The molecule has 2 atom stereocenters. The largest absolute Gasteiger partial charge is 0.497 e. The Morgan fingerprint density at radius 3 is 2.71 bits per heavy atom. The summed E-state index contributed by atoms with van der Waals surface area (Å²) in [5.74, 6) is 0.693. The molecule has 0 bridgehead atoms. The van der Waals surface area contributed by atoms with Crippen molar-refractivity contribution in [3.05, 3.63) is 75.7 Å². The second-order valence-electron chi connectivity index (χ2n) is 10.8. The van der Waals surface area contributed by atoms with Crippen LogP contribution in [-0.2, 0) is 13.5 Å². The monoisotopic (exact) mass is 556 g/mol. The Bertz CT molecular complexity index is 1730. The first-order valence-electron chi connectivity index (χ1n) is 13.7. The van der Waals surface area contributed by atoms with Crippen LogP contribution in [0.4, 0.5) is 16.3 Å². The van der Waals surface area contributed by atoms with Crippen molar-refractivity contribution in [3.8, 4) is 5.75 Å². The van der Waals surface area contributed by atoms with Gasteiger partial charge in [-0.3, -0.25) is 9.36 Å². The molecule has 2 aliphatic rings. The van der Waals surface area contributed by atoms with Crippen LogP contribution in [-0.4, -0.2) is 63.5 Å². The Morgan fingerprint density at radius 1 is 1.10 bits per heavy atom. The van der Waals surface area contributed by atoms with Gasteiger partial charge in [-0.2, -0.15) is 0 Å². The summed E-state index contributed by atoms with van der Waals surface area (Å²) in [5.41, 5.74) is 4.34. The van der Waals surface area contributed by atoms with E-state index in [4.69, 9.17) is 9.15 Å². The number of nitrogens with one attached hydrogen (secondary N) is 1. The Morgan fingerprint density at radius 2 is 1.93 bits per heavy atom. The zero-order chi connectivity index (χ0) is 28.8. The number of rotatable bonds is 5. The van der Waals surface area contributed by atoms with Crippen LogP contribution in [0.5, 0.6) is 5.75 Å². The van der Waals surface area contributed by atoms with Gasteiger partial charge in [-0.15, -0.1) is 0 Å². The second-order valence-corrected chi connectivity index (χ2v) is 10.8. The molecule has 11 nitrogen and oxygen atoms in total. The predicted molar refractivity (Wildman–Crippen MR) is 154 cm³/mol. The Kier molecular flexibility index (Phi) is 6.72. The van der Waals surface area contributed by atoms with Crippen LogP contribution in [0.15, 0.2) is 51.9 Å². The maximum atomic E-state index is 13.4. The molecular formula is C30H32N6O5. The van der Waals surface area contributed by atoms with Crippen molar-refractivity contribution in [2.24, 2.45) is 7.05 Å². The van der Waals surface area contributed by atoms with E-state index in [1.807, 2.05) is 30.0 Å². The van der Waals surface area contributed by atoms with Crippen molar-refractivity contribution in [2.45, 2.75) is 45.2 Å². The third kappa shape index (κ3) is 4.81. The summed E-state index contributed by atoms with van der Waals surface area (Å²) in [5, 5.41) is 3.07. The molecule has 0 aliphatic carbocycles. The van der Waals surface area contributed by atoms with Crippen LogP contribution in [0.1, 0.15) is 46.9 Å². The molecule has 2 unspecified atom stereocenters. The molecule has 1 fully saturated rings. The molecule has 0 radical (unpaired) electrons. The highest BCUT2D eigenvalue weighted by Gasteiger charge is 2.34. The second kappa shape index (κ2) is 10.4. The van der Waals surface area contributed by atoms with E-state index in [-0.39, 0.29) is 29.6 Å². The fourth-order valence-corrected chi connectivity index (χ4v) is 6.09. The van der Waals surface area contributed by atoms with Crippen molar-refractivity contribution in [3.63, 3.8) is 0 Å². The fourth-order valence-electron chi connectivity index (χ4n) is 6.09. The predicted octanol–water partition coefficient (Wildman–Crippen LogP) is 3.92. The maximum absolute atomic E-state index is 13.4. The first kappa shape index (κ1) is 26.5. The lowest BCUT2D eigenvalue weighted by atomic mass is 9.96. The number of carbonyl (C=O) groups excluding carboxylic acids is 2.